The highest BCUT2D eigenvalue weighted by Gasteiger charge is 2.11. The predicted octanol–water partition coefficient (Wildman–Crippen LogP) is 4.14. The van der Waals surface area contributed by atoms with E-state index in [2.05, 4.69) is 16.9 Å². The molecule has 0 atom stereocenters. The molecule has 0 fully saturated rings. The van der Waals surface area contributed by atoms with Crippen molar-refractivity contribution >= 4 is 29.1 Å². The number of nitro benzene ring substituents is 1. The Kier molecular flexibility index (Phi) is 4.92. The topological polar surface area (TPSA) is 68.9 Å². The SMILES string of the molecule is CCCc1c(Cl)ncnc1Sc1ccc([N+](=O)[O-])cc1. The van der Waals surface area contributed by atoms with Gasteiger partial charge in [0.2, 0.25) is 0 Å². The van der Waals surface area contributed by atoms with E-state index in [1.807, 2.05) is 0 Å². The fourth-order valence-corrected chi connectivity index (χ4v) is 2.87. The first-order valence-corrected chi connectivity index (χ1v) is 7.23. The molecule has 5 nitrogen and oxygen atoms in total. The summed E-state index contributed by atoms with van der Waals surface area (Å²) in [5.41, 5.74) is 0.990. The van der Waals surface area contributed by atoms with Gasteiger partial charge in [0.25, 0.3) is 5.69 Å². The lowest BCUT2D eigenvalue weighted by atomic mass is 10.2. The molecule has 0 amide bonds. The van der Waals surface area contributed by atoms with Gasteiger partial charge in [-0.05, 0) is 18.6 Å². The number of nitrogens with zero attached hydrogens (tertiary/aromatic N) is 3. The van der Waals surface area contributed by atoms with Crippen LogP contribution in [0.25, 0.3) is 0 Å². The van der Waals surface area contributed by atoms with Crippen molar-refractivity contribution in [2.45, 2.75) is 29.7 Å². The van der Waals surface area contributed by atoms with Crippen molar-refractivity contribution in [1.82, 2.24) is 9.97 Å². The zero-order valence-corrected chi connectivity index (χ0v) is 12.3. The summed E-state index contributed by atoms with van der Waals surface area (Å²) < 4.78 is 0. The summed E-state index contributed by atoms with van der Waals surface area (Å²) in [6.45, 7) is 2.06. The number of aromatic nitrogens is 2. The molecule has 0 saturated carbocycles. The van der Waals surface area contributed by atoms with Gasteiger partial charge in [0, 0.05) is 22.6 Å². The van der Waals surface area contributed by atoms with Crippen molar-refractivity contribution < 1.29 is 4.92 Å². The van der Waals surface area contributed by atoms with E-state index in [1.165, 1.54) is 30.2 Å². The molecule has 1 heterocycles. The third-order valence-electron chi connectivity index (χ3n) is 2.62. The van der Waals surface area contributed by atoms with Crippen molar-refractivity contribution in [3.8, 4) is 0 Å². The summed E-state index contributed by atoms with van der Waals surface area (Å²) in [5.74, 6) is 0. The number of non-ortho nitro benzene ring substituents is 1. The molecule has 0 unspecified atom stereocenters. The smallest absolute Gasteiger partial charge is 0.258 e. The summed E-state index contributed by atoms with van der Waals surface area (Å²) in [6, 6.07) is 6.36. The normalized spacial score (nSPS) is 10.5. The molecule has 0 radical (unpaired) electrons. The Hall–Kier alpha value is -1.66. The van der Waals surface area contributed by atoms with E-state index >= 15 is 0 Å². The lowest BCUT2D eigenvalue weighted by Crippen LogP contribution is -1.95. The van der Waals surface area contributed by atoms with Crippen LogP contribution in [0.3, 0.4) is 0 Å². The fourth-order valence-electron chi connectivity index (χ4n) is 1.67. The van der Waals surface area contributed by atoms with Crippen LogP contribution in [0.2, 0.25) is 5.15 Å². The first kappa shape index (κ1) is 14.7. The molecule has 0 spiro atoms. The van der Waals surface area contributed by atoms with E-state index in [4.69, 9.17) is 11.6 Å². The Morgan fingerprint density at radius 1 is 1.30 bits per heavy atom. The minimum Gasteiger partial charge on any atom is -0.258 e. The van der Waals surface area contributed by atoms with Crippen molar-refractivity contribution in [2.75, 3.05) is 0 Å². The number of hydrogen-bond acceptors (Lipinski definition) is 5. The van der Waals surface area contributed by atoms with Crippen molar-refractivity contribution in [3.05, 3.63) is 51.4 Å². The van der Waals surface area contributed by atoms with Crippen LogP contribution in [-0.2, 0) is 6.42 Å². The number of hydrogen-bond donors (Lipinski definition) is 0. The number of benzene rings is 1. The third kappa shape index (κ3) is 3.46. The quantitative estimate of drug-likeness (QED) is 0.471. The van der Waals surface area contributed by atoms with E-state index in [9.17, 15) is 10.1 Å². The van der Waals surface area contributed by atoms with E-state index in [1.54, 1.807) is 12.1 Å². The van der Waals surface area contributed by atoms with E-state index < -0.39 is 4.92 Å². The van der Waals surface area contributed by atoms with Crippen molar-refractivity contribution in [1.29, 1.82) is 0 Å². The molecule has 104 valence electrons. The van der Waals surface area contributed by atoms with Crippen LogP contribution < -0.4 is 0 Å². The molecule has 0 aliphatic heterocycles. The van der Waals surface area contributed by atoms with Crippen molar-refractivity contribution in [3.63, 3.8) is 0 Å². The molecule has 2 rings (SSSR count). The minimum absolute atomic E-state index is 0.0730. The summed E-state index contributed by atoms with van der Waals surface area (Å²) in [7, 11) is 0. The molecule has 1 aromatic carbocycles. The first-order chi connectivity index (χ1) is 9.61. The maximum Gasteiger partial charge on any atom is 0.269 e. The summed E-state index contributed by atoms with van der Waals surface area (Å²) in [4.78, 5) is 19.3. The Labute approximate surface area is 125 Å². The average molecular weight is 310 g/mol. The second-order valence-electron chi connectivity index (χ2n) is 4.05. The maximum absolute atomic E-state index is 10.6. The van der Waals surface area contributed by atoms with Crippen LogP contribution in [0.1, 0.15) is 18.9 Å². The molecule has 0 aliphatic rings. The minimum atomic E-state index is -0.418. The molecule has 0 saturated heterocycles. The molecular weight excluding hydrogens is 298 g/mol. The van der Waals surface area contributed by atoms with Gasteiger partial charge in [-0.1, -0.05) is 36.7 Å². The van der Waals surface area contributed by atoms with Crippen LogP contribution in [0.15, 0.2) is 40.5 Å². The zero-order chi connectivity index (χ0) is 14.5. The van der Waals surface area contributed by atoms with Gasteiger partial charge in [0.15, 0.2) is 0 Å². The molecule has 0 N–H and O–H groups in total. The van der Waals surface area contributed by atoms with Gasteiger partial charge >= 0.3 is 0 Å². The number of nitro groups is 1. The summed E-state index contributed by atoms with van der Waals surface area (Å²) >= 11 is 7.52. The molecular formula is C13H12ClN3O2S. The summed E-state index contributed by atoms with van der Waals surface area (Å²) in [5, 5.41) is 11.9. The Morgan fingerprint density at radius 2 is 2.00 bits per heavy atom. The van der Waals surface area contributed by atoms with Crippen LogP contribution in [0.4, 0.5) is 5.69 Å². The van der Waals surface area contributed by atoms with Crippen LogP contribution in [0, 0.1) is 10.1 Å². The Morgan fingerprint density at radius 3 is 2.60 bits per heavy atom. The zero-order valence-electron chi connectivity index (χ0n) is 10.7. The molecule has 0 aliphatic carbocycles. The largest absolute Gasteiger partial charge is 0.269 e. The van der Waals surface area contributed by atoms with Crippen molar-refractivity contribution in [2.24, 2.45) is 0 Å². The fraction of sp³-hybridized carbons (Fsp3) is 0.231. The third-order valence-corrected chi connectivity index (χ3v) is 3.99. The van der Waals surface area contributed by atoms with Gasteiger partial charge in [-0.15, -0.1) is 0 Å². The molecule has 0 bridgehead atoms. The summed E-state index contributed by atoms with van der Waals surface area (Å²) in [6.07, 6.45) is 3.17. The van der Waals surface area contributed by atoms with Gasteiger partial charge < -0.3 is 0 Å². The Balaban J connectivity index is 2.25. The molecule has 2 aromatic rings. The van der Waals surface area contributed by atoms with E-state index in [-0.39, 0.29) is 5.69 Å². The average Bonchev–Trinajstić information content (AvgIpc) is 2.43. The highest BCUT2D eigenvalue weighted by Crippen LogP contribution is 2.32. The van der Waals surface area contributed by atoms with Gasteiger partial charge in [-0.3, -0.25) is 10.1 Å². The highest BCUT2D eigenvalue weighted by atomic mass is 35.5. The Bertz CT molecular complexity index is 620. The van der Waals surface area contributed by atoms with Gasteiger partial charge in [-0.25, -0.2) is 9.97 Å². The second kappa shape index (κ2) is 6.67. The first-order valence-electron chi connectivity index (χ1n) is 6.03. The number of halogens is 1. The maximum atomic E-state index is 10.6. The second-order valence-corrected chi connectivity index (χ2v) is 5.47. The van der Waals surface area contributed by atoms with Gasteiger partial charge in [0.1, 0.15) is 16.5 Å². The standard InChI is InChI=1S/C13H12ClN3O2S/c1-2-3-11-12(14)15-8-16-13(11)20-10-6-4-9(5-7-10)17(18)19/h4-8H,2-3H2,1H3. The number of rotatable bonds is 5. The van der Waals surface area contributed by atoms with Crippen LogP contribution >= 0.6 is 23.4 Å². The monoisotopic (exact) mass is 309 g/mol. The predicted molar refractivity (Wildman–Crippen MR) is 78.3 cm³/mol. The lowest BCUT2D eigenvalue weighted by molar-refractivity contribution is -0.384. The van der Waals surface area contributed by atoms with Gasteiger partial charge in [-0.2, -0.15) is 0 Å². The lowest BCUT2D eigenvalue weighted by Gasteiger charge is -2.08. The van der Waals surface area contributed by atoms with Crippen LogP contribution in [-0.4, -0.2) is 14.9 Å². The molecule has 20 heavy (non-hydrogen) atoms. The molecule has 7 heteroatoms. The van der Waals surface area contributed by atoms with Crippen LogP contribution in [0.5, 0.6) is 0 Å². The van der Waals surface area contributed by atoms with Gasteiger partial charge in [0.05, 0.1) is 4.92 Å². The van der Waals surface area contributed by atoms with E-state index in [0.717, 1.165) is 28.3 Å². The van der Waals surface area contributed by atoms with E-state index in [0.29, 0.717) is 5.15 Å². The molecule has 1 aromatic heterocycles. The highest BCUT2D eigenvalue weighted by molar-refractivity contribution is 7.99.